The quantitative estimate of drug-likeness (QED) is 0.669. The molecule has 1 unspecified atom stereocenters. The second-order valence-corrected chi connectivity index (χ2v) is 7.52. The monoisotopic (exact) mass is 393 g/mol. The number of benzene rings is 1. The molecule has 0 aliphatic carbocycles. The van der Waals surface area contributed by atoms with E-state index >= 15 is 0 Å². The zero-order valence-corrected chi connectivity index (χ0v) is 16.9. The zero-order valence-electron chi connectivity index (χ0n) is 16.9. The third-order valence-electron chi connectivity index (χ3n) is 4.40. The number of ether oxygens (including phenoxy) is 2. The van der Waals surface area contributed by atoms with Crippen LogP contribution in [-0.4, -0.2) is 79.5 Å². The first-order chi connectivity index (χ1) is 13.3. The molecule has 156 valence electrons. The molecular formula is C20H31N3O5. The van der Waals surface area contributed by atoms with E-state index in [0.717, 1.165) is 12.2 Å². The molecule has 1 aliphatic rings. The highest BCUT2D eigenvalue weighted by Crippen LogP contribution is 2.19. The molecule has 2 amide bonds. The number of hydrogen-bond donors (Lipinski definition) is 2. The van der Waals surface area contributed by atoms with Crippen LogP contribution in [0.1, 0.15) is 20.3 Å². The highest BCUT2D eigenvalue weighted by atomic mass is 16.5. The third kappa shape index (κ3) is 7.74. The molecule has 8 heteroatoms. The maximum Gasteiger partial charge on any atom is 0.322 e. The number of urea groups is 1. The summed E-state index contributed by atoms with van der Waals surface area (Å²) < 4.78 is 11.4. The predicted octanol–water partition coefficient (Wildman–Crippen LogP) is 2.36. The van der Waals surface area contributed by atoms with E-state index < -0.39 is 5.97 Å². The van der Waals surface area contributed by atoms with Crippen LogP contribution in [-0.2, 0) is 9.53 Å². The second-order valence-electron chi connectivity index (χ2n) is 7.52. The Kier molecular flexibility index (Phi) is 8.53. The number of carboxylic acid groups (broad SMARTS) is 1. The first-order valence-electron chi connectivity index (χ1n) is 9.64. The summed E-state index contributed by atoms with van der Waals surface area (Å²) in [5.74, 6) is 0.420. The van der Waals surface area contributed by atoms with Crippen molar-refractivity contribution in [3.63, 3.8) is 0 Å². The van der Waals surface area contributed by atoms with Crippen LogP contribution in [0.15, 0.2) is 24.3 Å². The number of rotatable bonds is 9. The molecule has 0 radical (unpaired) electrons. The Morgan fingerprint density at radius 2 is 2.21 bits per heavy atom. The first-order valence-corrected chi connectivity index (χ1v) is 9.64. The Morgan fingerprint density at radius 3 is 2.93 bits per heavy atom. The van der Waals surface area contributed by atoms with Gasteiger partial charge in [0.25, 0.3) is 0 Å². The SMILES string of the molecule is CC(C)CCOc1cccc(NC(=O)N2CCOC(CN(C)CC(=O)O)C2)c1. The van der Waals surface area contributed by atoms with E-state index in [1.165, 1.54) is 0 Å². The number of amides is 2. The third-order valence-corrected chi connectivity index (χ3v) is 4.40. The summed E-state index contributed by atoms with van der Waals surface area (Å²) in [6.45, 7) is 6.67. The first kappa shape index (κ1) is 22.0. The Morgan fingerprint density at radius 1 is 1.43 bits per heavy atom. The minimum Gasteiger partial charge on any atom is -0.494 e. The van der Waals surface area contributed by atoms with Crippen LogP contribution in [0.2, 0.25) is 0 Å². The van der Waals surface area contributed by atoms with Crippen molar-refractivity contribution in [1.29, 1.82) is 0 Å². The number of hydrogen-bond acceptors (Lipinski definition) is 5. The molecule has 1 saturated heterocycles. The summed E-state index contributed by atoms with van der Waals surface area (Å²) in [6, 6.07) is 7.17. The number of likely N-dealkylation sites (N-methyl/N-ethyl adjacent to an activating group) is 1. The lowest BCUT2D eigenvalue weighted by atomic mass is 10.1. The fourth-order valence-electron chi connectivity index (χ4n) is 2.94. The number of carbonyl (C=O) groups excluding carboxylic acids is 1. The molecule has 2 rings (SSSR count). The van der Waals surface area contributed by atoms with Gasteiger partial charge in [0.15, 0.2) is 0 Å². The predicted molar refractivity (Wildman–Crippen MR) is 107 cm³/mol. The summed E-state index contributed by atoms with van der Waals surface area (Å²) in [6.07, 6.45) is 0.761. The van der Waals surface area contributed by atoms with Crippen LogP contribution in [0, 0.1) is 5.92 Å². The average Bonchev–Trinajstić information content (AvgIpc) is 2.61. The molecule has 0 spiro atoms. The van der Waals surface area contributed by atoms with Gasteiger partial charge in [-0.3, -0.25) is 9.69 Å². The van der Waals surface area contributed by atoms with Gasteiger partial charge in [0, 0.05) is 31.4 Å². The number of nitrogens with zero attached hydrogens (tertiary/aromatic N) is 2. The van der Waals surface area contributed by atoms with E-state index in [1.54, 1.807) is 16.8 Å². The van der Waals surface area contributed by atoms with E-state index in [1.807, 2.05) is 24.3 Å². The van der Waals surface area contributed by atoms with Crippen LogP contribution in [0.3, 0.4) is 0 Å². The van der Waals surface area contributed by atoms with E-state index in [9.17, 15) is 9.59 Å². The summed E-state index contributed by atoms with van der Waals surface area (Å²) >= 11 is 0. The molecule has 0 saturated carbocycles. The second kappa shape index (κ2) is 10.9. The maximum absolute atomic E-state index is 12.6. The average molecular weight is 393 g/mol. The molecule has 1 fully saturated rings. The Labute approximate surface area is 166 Å². The number of nitrogens with one attached hydrogen (secondary N) is 1. The van der Waals surface area contributed by atoms with E-state index in [4.69, 9.17) is 14.6 Å². The van der Waals surface area contributed by atoms with Crippen molar-refractivity contribution in [3.05, 3.63) is 24.3 Å². The van der Waals surface area contributed by atoms with Crippen molar-refractivity contribution in [2.45, 2.75) is 26.4 Å². The molecular weight excluding hydrogens is 362 g/mol. The van der Waals surface area contributed by atoms with Gasteiger partial charge in [0.05, 0.1) is 25.9 Å². The summed E-state index contributed by atoms with van der Waals surface area (Å²) in [5, 5.41) is 11.8. The molecule has 1 aromatic rings. The fourth-order valence-corrected chi connectivity index (χ4v) is 2.94. The van der Waals surface area contributed by atoms with Crippen molar-refractivity contribution >= 4 is 17.7 Å². The molecule has 28 heavy (non-hydrogen) atoms. The molecule has 8 nitrogen and oxygen atoms in total. The van der Waals surface area contributed by atoms with Gasteiger partial charge < -0.3 is 24.8 Å². The molecule has 1 aromatic carbocycles. The van der Waals surface area contributed by atoms with Crippen molar-refractivity contribution in [3.8, 4) is 5.75 Å². The van der Waals surface area contributed by atoms with Crippen molar-refractivity contribution < 1.29 is 24.2 Å². The molecule has 1 atom stereocenters. The maximum atomic E-state index is 12.6. The molecule has 0 aromatic heterocycles. The minimum absolute atomic E-state index is 0.0599. The number of carboxylic acids is 1. The Balaban J connectivity index is 1.85. The minimum atomic E-state index is -0.886. The lowest BCUT2D eigenvalue weighted by Gasteiger charge is -2.34. The van der Waals surface area contributed by atoms with Gasteiger partial charge in [-0.05, 0) is 31.5 Å². The summed E-state index contributed by atoms with van der Waals surface area (Å²) in [4.78, 5) is 26.8. The lowest BCUT2D eigenvalue weighted by Crippen LogP contribution is -2.50. The van der Waals surface area contributed by atoms with E-state index in [0.29, 0.717) is 44.5 Å². The Hall–Kier alpha value is -2.32. The van der Waals surface area contributed by atoms with Crippen molar-refractivity contribution in [2.75, 3.05) is 51.8 Å². The van der Waals surface area contributed by atoms with Gasteiger partial charge >= 0.3 is 12.0 Å². The number of anilines is 1. The van der Waals surface area contributed by atoms with Crippen LogP contribution < -0.4 is 10.1 Å². The van der Waals surface area contributed by atoms with Crippen LogP contribution in [0.4, 0.5) is 10.5 Å². The fraction of sp³-hybridized carbons (Fsp3) is 0.600. The summed E-state index contributed by atoms with van der Waals surface area (Å²) in [7, 11) is 1.72. The highest BCUT2D eigenvalue weighted by Gasteiger charge is 2.25. The van der Waals surface area contributed by atoms with Crippen LogP contribution in [0.5, 0.6) is 5.75 Å². The largest absolute Gasteiger partial charge is 0.494 e. The molecule has 1 aliphatic heterocycles. The highest BCUT2D eigenvalue weighted by molar-refractivity contribution is 5.89. The normalized spacial score (nSPS) is 17.0. The van der Waals surface area contributed by atoms with Gasteiger partial charge in [-0.2, -0.15) is 0 Å². The van der Waals surface area contributed by atoms with E-state index in [2.05, 4.69) is 19.2 Å². The van der Waals surface area contributed by atoms with E-state index in [-0.39, 0.29) is 18.7 Å². The van der Waals surface area contributed by atoms with Gasteiger partial charge in [-0.25, -0.2) is 4.79 Å². The zero-order chi connectivity index (χ0) is 20.5. The smallest absolute Gasteiger partial charge is 0.322 e. The lowest BCUT2D eigenvalue weighted by molar-refractivity contribution is -0.138. The molecule has 0 bridgehead atoms. The molecule has 2 N–H and O–H groups in total. The number of carbonyl (C=O) groups is 2. The Bertz CT molecular complexity index is 652. The van der Waals surface area contributed by atoms with Gasteiger partial charge in [0.2, 0.25) is 0 Å². The van der Waals surface area contributed by atoms with Gasteiger partial charge in [0.1, 0.15) is 5.75 Å². The standard InChI is InChI=1S/C20H31N3O5/c1-15(2)7-9-27-17-6-4-5-16(11-17)21-20(26)23-8-10-28-18(13-23)12-22(3)14-19(24)25/h4-6,11,15,18H,7-10,12-14H2,1-3H3,(H,21,26)(H,24,25). The van der Waals surface area contributed by atoms with Crippen molar-refractivity contribution in [1.82, 2.24) is 9.80 Å². The number of aliphatic carboxylic acids is 1. The van der Waals surface area contributed by atoms with Crippen LogP contribution in [0.25, 0.3) is 0 Å². The summed E-state index contributed by atoms with van der Waals surface area (Å²) in [5.41, 5.74) is 0.679. The van der Waals surface area contributed by atoms with Crippen molar-refractivity contribution in [2.24, 2.45) is 5.92 Å². The van der Waals surface area contributed by atoms with Crippen LogP contribution >= 0.6 is 0 Å². The molecule has 1 heterocycles. The number of morpholine rings is 1. The van der Waals surface area contributed by atoms with Gasteiger partial charge in [-0.1, -0.05) is 19.9 Å². The van der Waals surface area contributed by atoms with Gasteiger partial charge in [-0.15, -0.1) is 0 Å². The topological polar surface area (TPSA) is 91.3 Å².